The maximum atomic E-state index is 12.6. The Bertz CT molecular complexity index is 644. The summed E-state index contributed by atoms with van der Waals surface area (Å²) in [6.07, 6.45) is 2.78. The van der Waals surface area contributed by atoms with Crippen molar-refractivity contribution in [1.82, 2.24) is 15.1 Å². The molecule has 1 aromatic carbocycles. The predicted molar refractivity (Wildman–Crippen MR) is 111 cm³/mol. The van der Waals surface area contributed by atoms with E-state index in [9.17, 15) is 9.59 Å². The van der Waals surface area contributed by atoms with Crippen molar-refractivity contribution in [3.05, 3.63) is 29.8 Å². The summed E-state index contributed by atoms with van der Waals surface area (Å²) in [6, 6.07) is 7.68. The van der Waals surface area contributed by atoms with Gasteiger partial charge < -0.3 is 15.2 Å². The van der Waals surface area contributed by atoms with Crippen molar-refractivity contribution < 1.29 is 19.4 Å². The number of para-hydroxylation sites is 1. The number of carbonyl (C=O) groups is 2. The second-order valence-electron chi connectivity index (χ2n) is 7.14. The van der Waals surface area contributed by atoms with Crippen LogP contribution in [0.3, 0.4) is 0 Å². The summed E-state index contributed by atoms with van der Waals surface area (Å²) < 4.78 is 5.32. The molecule has 0 bridgehead atoms. The van der Waals surface area contributed by atoms with Crippen molar-refractivity contribution in [3.63, 3.8) is 0 Å². The lowest BCUT2D eigenvalue weighted by molar-refractivity contribution is -0.138. The molecule has 7 nitrogen and oxygen atoms in total. The Morgan fingerprint density at radius 3 is 2.71 bits per heavy atom. The average molecular weight is 414 g/mol. The number of likely N-dealkylation sites (tertiary alicyclic amines) is 1. The van der Waals surface area contributed by atoms with Gasteiger partial charge in [0, 0.05) is 24.7 Å². The number of amides is 1. The van der Waals surface area contributed by atoms with Gasteiger partial charge in [-0.15, -0.1) is 12.4 Å². The molecule has 1 fully saturated rings. The number of likely N-dealkylation sites (N-methyl/N-ethyl adjacent to an activating group) is 1. The second-order valence-corrected chi connectivity index (χ2v) is 7.14. The highest BCUT2D eigenvalue weighted by atomic mass is 35.5. The summed E-state index contributed by atoms with van der Waals surface area (Å²) in [5, 5.41) is 12.0. The molecule has 8 heteroatoms. The number of hydrogen-bond donors (Lipinski definition) is 2. The fourth-order valence-electron chi connectivity index (χ4n) is 3.62. The maximum Gasteiger partial charge on any atom is 0.317 e. The van der Waals surface area contributed by atoms with Gasteiger partial charge in [-0.25, -0.2) is 0 Å². The number of nitrogens with one attached hydrogen (secondary N) is 1. The first kappa shape index (κ1) is 24.2. The molecule has 2 rings (SSSR count). The third kappa shape index (κ3) is 6.96. The molecule has 0 radical (unpaired) electrons. The van der Waals surface area contributed by atoms with E-state index in [0.29, 0.717) is 6.54 Å². The zero-order valence-electron chi connectivity index (χ0n) is 16.9. The molecule has 158 valence electrons. The molecule has 2 unspecified atom stereocenters. The van der Waals surface area contributed by atoms with Crippen LogP contribution in [0.5, 0.6) is 5.75 Å². The van der Waals surface area contributed by atoms with Crippen LogP contribution in [0.1, 0.15) is 31.7 Å². The van der Waals surface area contributed by atoms with E-state index < -0.39 is 5.97 Å². The van der Waals surface area contributed by atoms with Gasteiger partial charge in [0.2, 0.25) is 5.91 Å². The molecular weight excluding hydrogens is 382 g/mol. The van der Waals surface area contributed by atoms with Crippen LogP contribution < -0.4 is 10.1 Å². The summed E-state index contributed by atoms with van der Waals surface area (Å²) in [5.74, 6) is -0.0366. The van der Waals surface area contributed by atoms with Crippen molar-refractivity contribution in [1.29, 1.82) is 0 Å². The number of nitrogens with zero attached hydrogens (tertiary/aromatic N) is 2. The Morgan fingerprint density at radius 2 is 2.04 bits per heavy atom. The van der Waals surface area contributed by atoms with E-state index in [4.69, 9.17) is 9.84 Å². The van der Waals surface area contributed by atoms with Crippen LogP contribution in [0.15, 0.2) is 24.3 Å². The fraction of sp³-hybridized carbons (Fsp3) is 0.600. The van der Waals surface area contributed by atoms with E-state index >= 15 is 0 Å². The van der Waals surface area contributed by atoms with Crippen LogP contribution in [0, 0.1) is 0 Å². The molecule has 1 aliphatic heterocycles. The number of rotatable bonds is 8. The molecule has 1 amide bonds. The first-order valence-corrected chi connectivity index (χ1v) is 9.48. The Morgan fingerprint density at radius 1 is 1.32 bits per heavy atom. The van der Waals surface area contributed by atoms with Gasteiger partial charge in [0.1, 0.15) is 5.75 Å². The Labute approximate surface area is 173 Å². The largest absolute Gasteiger partial charge is 0.496 e. The minimum absolute atomic E-state index is 0. The molecule has 0 saturated carbocycles. The van der Waals surface area contributed by atoms with E-state index in [1.54, 1.807) is 7.11 Å². The molecular formula is C20H32ClN3O4. The number of hydrogen-bond acceptors (Lipinski definition) is 5. The minimum atomic E-state index is -0.803. The number of carboxylic acids is 1. The second kappa shape index (κ2) is 11.9. The lowest BCUT2D eigenvalue weighted by atomic mass is 10.1. The molecule has 2 atom stereocenters. The van der Waals surface area contributed by atoms with E-state index in [0.717, 1.165) is 43.7 Å². The number of aliphatic carboxylic acids is 1. The van der Waals surface area contributed by atoms with Crippen LogP contribution in [-0.4, -0.2) is 72.7 Å². The van der Waals surface area contributed by atoms with Gasteiger partial charge in [0.25, 0.3) is 0 Å². The Kier molecular flexibility index (Phi) is 10.3. The van der Waals surface area contributed by atoms with Gasteiger partial charge >= 0.3 is 5.97 Å². The normalized spacial score (nSPS) is 18.6. The lowest BCUT2D eigenvalue weighted by Gasteiger charge is -2.28. The van der Waals surface area contributed by atoms with E-state index in [2.05, 4.69) is 10.2 Å². The maximum absolute atomic E-state index is 12.6. The average Bonchev–Trinajstić information content (AvgIpc) is 2.91. The highest BCUT2D eigenvalue weighted by Crippen LogP contribution is 2.19. The number of carbonyl (C=O) groups excluding carboxylic acids is 1. The standard InChI is InChI=1S/C20H31N3O4.ClH/c1-15(20(26)21-13-16-7-4-5-9-18(16)27-3)23-11-6-8-17(10-12-23)22(2)14-19(24)25;/h4-5,7,9,15,17H,6,8,10-14H2,1-3H3,(H,21,26)(H,24,25);1H. The quantitative estimate of drug-likeness (QED) is 0.678. The first-order valence-electron chi connectivity index (χ1n) is 9.48. The minimum Gasteiger partial charge on any atom is -0.496 e. The molecule has 2 N–H and O–H groups in total. The Balaban J connectivity index is 0.00000392. The molecule has 0 spiro atoms. The Hall–Kier alpha value is -1.83. The number of ether oxygens (including phenoxy) is 1. The highest BCUT2D eigenvalue weighted by Gasteiger charge is 2.26. The summed E-state index contributed by atoms with van der Waals surface area (Å²) in [4.78, 5) is 27.6. The third-order valence-corrected chi connectivity index (χ3v) is 5.31. The fourth-order valence-corrected chi connectivity index (χ4v) is 3.62. The van der Waals surface area contributed by atoms with Crippen molar-refractivity contribution in [2.45, 2.75) is 44.8 Å². The number of halogens is 1. The van der Waals surface area contributed by atoms with Crippen LogP contribution >= 0.6 is 12.4 Å². The molecule has 0 aliphatic carbocycles. The van der Waals surface area contributed by atoms with Gasteiger partial charge in [0.05, 0.1) is 19.7 Å². The molecule has 1 heterocycles. The zero-order chi connectivity index (χ0) is 19.8. The molecule has 1 aromatic rings. The topological polar surface area (TPSA) is 82.1 Å². The summed E-state index contributed by atoms with van der Waals surface area (Å²) >= 11 is 0. The van der Waals surface area contributed by atoms with Crippen molar-refractivity contribution >= 4 is 24.3 Å². The summed E-state index contributed by atoms with van der Waals surface area (Å²) in [6.45, 7) is 4.06. The van der Waals surface area contributed by atoms with E-state index in [1.165, 1.54) is 0 Å². The van der Waals surface area contributed by atoms with Crippen molar-refractivity contribution in [2.75, 3.05) is 33.8 Å². The molecule has 0 aromatic heterocycles. The van der Waals surface area contributed by atoms with Crippen LogP contribution in [0.25, 0.3) is 0 Å². The van der Waals surface area contributed by atoms with E-state index in [-0.39, 0.29) is 36.9 Å². The van der Waals surface area contributed by atoms with Crippen LogP contribution in [-0.2, 0) is 16.1 Å². The smallest absolute Gasteiger partial charge is 0.317 e. The third-order valence-electron chi connectivity index (χ3n) is 5.31. The lowest BCUT2D eigenvalue weighted by Crippen LogP contribution is -2.45. The summed E-state index contributed by atoms with van der Waals surface area (Å²) in [5.41, 5.74) is 0.951. The molecule has 1 aliphatic rings. The van der Waals surface area contributed by atoms with E-state index in [1.807, 2.05) is 43.1 Å². The monoisotopic (exact) mass is 413 g/mol. The number of methoxy groups -OCH3 is 1. The highest BCUT2D eigenvalue weighted by molar-refractivity contribution is 5.85. The van der Waals surface area contributed by atoms with Crippen molar-refractivity contribution in [2.24, 2.45) is 0 Å². The van der Waals surface area contributed by atoms with Crippen LogP contribution in [0.4, 0.5) is 0 Å². The number of benzene rings is 1. The zero-order valence-corrected chi connectivity index (χ0v) is 17.7. The van der Waals surface area contributed by atoms with Gasteiger partial charge in [-0.3, -0.25) is 19.4 Å². The van der Waals surface area contributed by atoms with Crippen LogP contribution in [0.2, 0.25) is 0 Å². The predicted octanol–water partition coefficient (Wildman–Crippen LogP) is 1.99. The molecule has 28 heavy (non-hydrogen) atoms. The molecule has 1 saturated heterocycles. The SMILES string of the molecule is COc1ccccc1CNC(=O)C(C)N1CCCC(N(C)CC(=O)O)CC1.Cl. The number of carboxylic acid groups (broad SMARTS) is 1. The van der Waals surface area contributed by atoms with Gasteiger partial charge in [-0.05, 0) is 45.8 Å². The van der Waals surface area contributed by atoms with Gasteiger partial charge in [0.15, 0.2) is 0 Å². The van der Waals surface area contributed by atoms with Crippen molar-refractivity contribution in [3.8, 4) is 5.75 Å². The van der Waals surface area contributed by atoms with Gasteiger partial charge in [-0.2, -0.15) is 0 Å². The first-order chi connectivity index (χ1) is 12.9. The van der Waals surface area contributed by atoms with Gasteiger partial charge in [-0.1, -0.05) is 18.2 Å². The summed E-state index contributed by atoms with van der Waals surface area (Å²) in [7, 11) is 3.48.